The molecular weight excluding hydrogens is 372 g/mol. The number of fused-ring (bicyclic) bond motifs is 6. The maximum absolute atomic E-state index is 6.60. The molecule has 4 aliphatic carbocycles. The minimum absolute atomic E-state index is 0.00801. The average Bonchev–Trinajstić information content (AvgIpc) is 3.27. The highest BCUT2D eigenvalue weighted by atomic mass is 17.2. The highest BCUT2D eigenvalue weighted by Crippen LogP contribution is 2.69. The Balaban J connectivity index is 1.56. The summed E-state index contributed by atoms with van der Waals surface area (Å²) in [7, 11) is 0. The summed E-state index contributed by atoms with van der Waals surface area (Å²) < 4.78 is 6.60. The van der Waals surface area contributed by atoms with Gasteiger partial charge in [0, 0.05) is 12.0 Å². The second-order valence-corrected chi connectivity index (χ2v) is 12.9. The molecular formula is C27H44O3. The number of allylic oxidation sites excluding steroid dienone is 1. The third kappa shape index (κ3) is 3.01. The van der Waals surface area contributed by atoms with Crippen LogP contribution in [0, 0.1) is 34.5 Å². The predicted octanol–water partition coefficient (Wildman–Crippen LogP) is 6.86. The van der Waals surface area contributed by atoms with Crippen molar-refractivity contribution in [3.8, 4) is 0 Å². The van der Waals surface area contributed by atoms with Crippen molar-refractivity contribution in [1.29, 1.82) is 0 Å². The summed E-state index contributed by atoms with van der Waals surface area (Å²) in [6, 6.07) is 0. The summed E-state index contributed by atoms with van der Waals surface area (Å²) in [6.07, 6.45) is 14.3. The van der Waals surface area contributed by atoms with Crippen LogP contribution in [-0.2, 0) is 14.5 Å². The van der Waals surface area contributed by atoms with Gasteiger partial charge in [-0.2, -0.15) is 0 Å². The molecule has 3 saturated carbocycles. The first-order valence-electron chi connectivity index (χ1n) is 12.8. The third-order valence-corrected chi connectivity index (χ3v) is 10.2. The normalized spacial score (nSPS) is 50.7. The minimum Gasteiger partial charge on any atom is -0.374 e. The lowest BCUT2D eigenvalue weighted by atomic mass is 9.47. The van der Waals surface area contributed by atoms with E-state index in [1.54, 1.807) is 5.57 Å². The maximum atomic E-state index is 6.60. The van der Waals surface area contributed by atoms with Gasteiger partial charge in [0.1, 0.15) is 6.10 Å². The Morgan fingerprint density at radius 3 is 2.53 bits per heavy atom. The van der Waals surface area contributed by atoms with E-state index in [1.165, 1.54) is 57.8 Å². The predicted molar refractivity (Wildman–Crippen MR) is 120 cm³/mol. The van der Waals surface area contributed by atoms with E-state index in [9.17, 15) is 0 Å². The number of hydrogen-bond acceptors (Lipinski definition) is 3. The fourth-order valence-corrected chi connectivity index (χ4v) is 8.49. The van der Waals surface area contributed by atoms with E-state index in [2.05, 4.69) is 47.6 Å². The van der Waals surface area contributed by atoms with Crippen LogP contribution in [0.15, 0.2) is 11.6 Å². The maximum Gasteiger partial charge on any atom is 0.120 e. The van der Waals surface area contributed by atoms with E-state index in [0.29, 0.717) is 17.3 Å². The van der Waals surface area contributed by atoms with Crippen molar-refractivity contribution in [3.63, 3.8) is 0 Å². The van der Waals surface area contributed by atoms with E-state index in [0.717, 1.165) is 18.4 Å². The SMILES string of the molecule is C[C@@H]1CC[C@]2(C)C3=CC(OOC(C)(C)C)[C@@]4(C)[C@@H](CCC45CCCO5)[C@@H]3CC[C@@H]2C1. The van der Waals surface area contributed by atoms with Crippen LogP contribution in [0.4, 0.5) is 0 Å². The molecule has 0 aromatic rings. The minimum atomic E-state index is -0.303. The Bertz CT molecular complexity index is 699. The molecule has 170 valence electrons. The van der Waals surface area contributed by atoms with E-state index < -0.39 is 0 Å². The van der Waals surface area contributed by atoms with Crippen molar-refractivity contribution in [2.24, 2.45) is 34.5 Å². The van der Waals surface area contributed by atoms with Gasteiger partial charge in [0.05, 0.1) is 11.2 Å². The summed E-state index contributed by atoms with van der Waals surface area (Å²) in [6.45, 7) is 14.7. The molecule has 0 amide bonds. The van der Waals surface area contributed by atoms with Gasteiger partial charge >= 0.3 is 0 Å². The molecule has 3 nitrogen and oxygen atoms in total. The van der Waals surface area contributed by atoms with Gasteiger partial charge < -0.3 is 4.74 Å². The smallest absolute Gasteiger partial charge is 0.120 e. The van der Waals surface area contributed by atoms with Gasteiger partial charge in [0.25, 0.3) is 0 Å². The van der Waals surface area contributed by atoms with Crippen LogP contribution >= 0.6 is 0 Å². The van der Waals surface area contributed by atoms with Gasteiger partial charge in [0.2, 0.25) is 0 Å². The molecule has 3 heteroatoms. The second kappa shape index (κ2) is 7.06. The van der Waals surface area contributed by atoms with Gasteiger partial charge in [-0.05, 0) is 108 Å². The average molecular weight is 417 g/mol. The lowest BCUT2D eigenvalue weighted by Gasteiger charge is -2.59. The van der Waals surface area contributed by atoms with Gasteiger partial charge in [-0.25, -0.2) is 9.78 Å². The van der Waals surface area contributed by atoms with E-state index in [1.807, 2.05) is 0 Å². The van der Waals surface area contributed by atoms with Crippen LogP contribution in [0.5, 0.6) is 0 Å². The first kappa shape index (κ1) is 21.5. The quantitative estimate of drug-likeness (QED) is 0.279. The molecule has 0 N–H and O–H groups in total. The number of hydrogen-bond donors (Lipinski definition) is 0. The van der Waals surface area contributed by atoms with Crippen molar-refractivity contribution >= 4 is 0 Å². The Hall–Kier alpha value is -0.380. The van der Waals surface area contributed by atoms with Crippen molar-refractivity contribution in [2.45, 2.75) is 117 Å². The van der Waals surface area contributed by atoms with E-state index >= 15 is 0 Å². The molecule has 1 heterocycles. The second-order valence-electron chi connectivity index (χ2n) is 12.9. The summed E-state index contributed by atoms with van der Waals surface area (Å²) >= 11 is 0. The lowest BCUT2D eigenvalue weighted by molar-refractivity contribution is -0.390. The van der Waals surface area contributed by atoms with Crippen LogP contribution < -0.4 is 0 Å². The van der Waals surface area contributed by atoms with E-state index in [4.69, 9.17) is 14.5 Å². The third-order valence-electron chi connectivity index (χ3n) is 10.2. The monoisotopic (exact) mass is 416 g/mol. The van der Waals surface area contributed by atoms with Crippen molar-refractivity contribution in [2.75, 3.05) is 6.61 Å². The first-order valence-corrected chi connectivity index (χ1v) is 12.8. The fourth-order valence-electron chi connectivity index (χ4n) is 8.49. The molecule has 5 aliphatic rings. The van der Waals surface area contributed by atoms with Crippen molar-refractivity contribution in [1.82, 2.24) is 0 Å². The van der Waals surface area contributed by atoms with Crippen LogP contribution in [0.1, 0.15) is 99.3 Å². The Labute approximate surface area is 184 Å². The highest BCUT2D eigenvalue weighted by Gasteiger charge is 2.68. The van der Waals surface area contributed by atoms with Gasteiger partial charge in [-0.1, -0.05) is 32.4 Å². The summed E-state index contributed by atoms with van der Waals surface area (Å²) in [5.41, 5.74) is 1.76. The molecule has 1 saturated heterocycles. The fraction of sp³-hybridized carbons (Fsp3) is 0.926. The molecule has 1 spiro atoms. The Morgan fingerprint density at radius 2 is 1.83 bits per heavy atom. The number of rotatable bonds is 2. The van der Waals surface area contributed by atoms with Crippen molar-refractivity contribution < 1.29 is 14.5 Å². The molecule has 0 aromatic carbocycles. The van der Waals surface area contributed by atoms with Crippen LogP contribution in [0.2, 0.25) is 0 Å². The lowest BCUT2D eigenvalue weighted by Crippen LogP contribution is -2.58. The first-order chi connectivity index (χ1) is 14.1. The highest BCUT2D eigenvalue weighted by molar-refractivity contribution is 5.33. The van der Waals surface area contributed by atoms with Gasteiger partial charge in [-0.15, -0.1) is 0 Å². The van der Waals surface area contributed by atoms with Crippen LogP contribution in [0.25, 0.3) is 0 Å². The summed E-state index contributed by atoms with van der Waals surface area (Å²) in [4.78, 5) is 12.4. The Kier molecular flexibility index (Phi) is 5.05. The van der Waals surface area contributed by atoms with Gasteiger partial charge in [0.15, 0.2) is 0 Å². The molecule has 0 aromatic heterocycles. The summed E-state index contributed by atoms with van der Waals surface area (Å²) in [5.74, 6) is 3.09. The molecule has 8 atom stereocenters. The largest absolute Gasteiger partial charge is 0.374 e. The zero-order valence-electron chi connectivity index (χ0n) is 20.3. The zero-order chi connectivity index (χ0) is 21.4. The topological polar surface area (TPSA) is 27.7 Å². The van der Waals surface area contributed by atoms with Crippen molar-refractivity contribution in [3.05, 3.63) is 11.6 Å². The molecule has 4 fully saturated rings. The molecule has 1 aliphatic heterocycles. The standard InChI is InChI=1S/C27H44O3/c1-18-10-13-25(5)19(16-18)8-9-20-21-11-14-27(12-7-15-28-27)26(21,6)23(17-22(20)25)29-30-24(2,3)4/h17-21,23H,7-16H2,1-6H3/t18-,19-,20+,21+,23?,25+,26-,27?/m1/s1. The van der Waals surface area contributed by atoms with Crippen LogP contribution in [-0.4, -0.2) is 23.9 Å². The zero-order valence-corrected chi connectivity index (χ0v) is 20.3. The Morgan fingerprint density at radius 1 is 1.03 bits per heavy atom. The number of ether oxygens (including phenoxy) is 1. The summed E-state index contributed by atoms with van der Waals surface area (Å²) in [5, 5.41) is 0. The van der Waals surface area contributed by atoms with Crippen LogP contribution in [0.3, 0.4) is 0 Å². The molecule has 5 rings (SSSR count). The molecule has 2 unspecified atom stereocenters. The molecule has 0 radical (unpaired) electrons. The molecule has 0 bridgehead atoms. The molecule has 30 heavy (non-hydrogen) atoms. The van der Waals surface area contributed by atoms with E-state index in [-0.39, 0.29) is 22.7 Å². The van der Waals surface area contributed by atoms with Gasteiger partial charge in [-0.3, -0.25) is 0 Å².